The second kappa shape index (κ2) is 4.04. The van der Waals surface area contributed by atoms with Gasteiger partial charge in [-0.05, 0) is 46.7 Å². The molecule has 4 heteroatoms. The second-order valence-corrected chi connectivity index (χ2v) is 3.74. The van der Waals surface area contributed by atoms with Gasteiger partial charge in [0.15, 0.2) is 0 Å². The quantitative estimate of drug-likeness (QED) is 0.852. The average molecular weight is 294 g/mol. The van der Waals surface area contributed by atoms with Crippen molar-refractivity contribution in [3.63, 3.8) is 0 Å². The number of hydrogen-bond donors (Lipinski definition) is 1. The Bertz CT molecular complexity index is 350. The van der Waals surface area contributed by atoms with Gasteiger partial charge in [-0.25, -0.2) is 9.18 Å². The number of benzene rings is 1. The van der Waals surface area contributed by atoms with Crippen molar-refractivity contribution in [1.29, 1.82) is 0 Å². The molecule has 1 aromatic carbocycles. The zero-order valence-corrected chi connectivity index (χ0v) is 9.13. The minimum atomic E-state index is -0.999. The molecule has 0 aliphatic rings. The summed E-state index contributed by atoms with van der Waals surface area (Å²) in [4.78, 5) is 10.8. The minimum Gasteiger partial charge on any atom is -0.478 e. The lowest BCUT2D eigenvalue weighted by Crippen LogP contribution is -2.05. The van der Waals surface area contributed by atoms with E-state index in [-0.39, 0.29) is 11.4 Å². The van der Waals surface area contributed by atoms with Crippen molar-refractivity contribution in [2.75, 3.05) is 0 Å². The summed E-state index contributed by atoms with van der Waals surface area (Å²) in [5, 5.41) is 8.84. The first-order chi connectivity index (χ1) is 6.06. The van der Waals surface area contributed by atoms with Crippen LogP contribution in [0.4, 0.5) is 4.39 Å². The van der Waals surface area contributed by atoms with Crippen LogP contribution in [0, 0.1) is 9.39 Å². The molecule has 0 heterocycles. The number of aryl methyl sites for hydroxylation is 1. The zero-order chi connectivity index (χ0) is 10.0. The van der Waals surface area contributed by atoms with Gasteiger partial charge in [0, 0.05) is 3.57 Å². The van der Waals surface area contributed by atoms with Crippen LogP contribution in [-0.4, -0.2) is 11.1 Å². The van der Waals surface area contributed by atoms with Crippen LogP contribution >= 0.6 is 22.6 Å². The molecule has 0 saturated heterocycles. The van der Waals surface area contributed by atoms with E-state index in [9.17, 15) is 9.18 Å². The molecule has 0 spiro atoms. The minimum absolute atomic E-state index is 0.213. The summed E-state index contributed by atoms with van der Waals surface area (Å²) in [6.45, 7) is 1.80. The number of rotatable bonds is 2. The standard InChI is InChI=1S/C9H8FIO2/c1-2-5-3-6(10)4-7(11)8(5)9(12)13/h3-4H,2H2,1H3,(H,12,13). The van der Waals surface area contributed by atoms with Crippen LogP contribution in [0.3, 0.4) is 0 Å². The molecule has 0 aliphatic carbocycles. The maximum Gasteiger partial charge on any atom is 0.337 e. The molecule has 0 radical (unpaired) electrons. The monoisotopic (exact) mass is 294 g/mol. The number of halogens is 2. The van der Waals surface area contributed by atoms with Gasteiger partial charge in [0.05, 0.1) is 5.56 Å². The highest BCUT2D eigenvalue weighted by molar-refractivity contribution is 14.1. The van der Waals surface area contributed by atoms with Crippen LogP contribution < -0.4 is 0 Å². The fraction of sp³-hybridized carbons (Fsp3) is 0.222. The molecule has 0 unspecified atom stereocenters. The molecule has 0 saturated carbocycles. The van der Waals surface area contributed by atoms with Gasteiger partial charge in [0.1, 0.15) is 5.82 Å². The fourth-order valence-electron chi connectivity index (χ4n) is 1.15. The largest absolute Gasteiger partial charge is 0.478 e. The van der Waals surface area contributed by atoms with Crippen molar-refractivity contribution in [2.24, 2.45) is 0 Å². The van der Waals surface area contributed by atoms with E-state index in [1.807, 2.05) is 22.6 Å². The highest BCUT2D eigenvalue weighted by Gasteiger charge is 2.14. The van der Waals surface area contributed by atoms with Gasteiger partial charge in [-0.3, -0.25) is 0 Å². The van der Waals surface area contributed by atoms with Gasteiger partial charge in [-0.1, -0.05) is 6.92 Å². The first-order valence-corrected chi connectivity index (χ1v) is 4.85. The van der Waals surface area contributed by atoms with E-state index in [0.29, 0.717) is 15.6 Å². The van der Waals surface area contributed by atoms with Crippen LogP contribution in [-0.2, 0) is 6.42 Å². The van der Waals surface area contributed by atoms with Crippen LogP contribution in [0.25, 0.3) is 0 Å². The summed E-state index contributed by atoms with van der Waals surface area (Å²) >= 11 is 1.83. The molecular weight excluding hydrogens is 286 g/mol. The maximum atomic E-state index is 12.9. The summed E-state index contributed by atoms with van der Waals surface area (Å²) in [5.74, 6) is -1.38. The lowest BCUT2D eigenvalue weighted by molar-refractivity contribution is 0.0694. The SMILES string of the molecule is CCc1cc(F)cc(I)c1C(=O)O. The predicted octanol–water partition coefficient (Wildman–Crippen LogP) is 2.69. The van der Waals surface area contributed by atoms with Crippen molar-refractivity contribution in [2.45, 2.75) is 13.3 Å². The molecule has 1 aromatic rings. The number of carboxylic acids is 1. The molecule has 0 aliphatic heterocycles. The molecule has 70 valence electrons. The lowest BCUT2D eigenvalue weighted by atomic mass is 10.1. The van der Waals surface area contributed by atoms with Crippen LogP contribution in [0.2, 0.25) is 0 Å². The van der Waals surface area contributed by atoms with E-state index < -0.39 is 5.97 Å². The molecule has 1 rings (SSSR count). The van der Waals surface area contributed by atoms with E-state index in [2.05, 4.69) is 0 Å². The molecule has 0 aromatic heterocycles. The van der Waals surface area contributed by atoms with Gasteiger partial charge in [0.25, 0.3) is 0 Å². The Morgan fingerprint density at radius 3 is 2.69 bits per heavy atom. The lowest BCUT2D eigenvalue weighted by Gasteiger charge is -2.05. The third kappa shape index (κ3) is 2.18. The third-order valence-electron chi connectivity index (χ3n) is 1.73. The molecule has 13 heavy (non-hydrogen) atoms. The second-order valence-electron chi connectivity index (χ2n) is 2.58. The van der Waals surface area contributed by atoms with Gasteiger partial charge in [0.2, 0.25) is 0 Å². The number of carboxylic acid groups (broad SMARTS) is 1. The highest BCUT2D eigenvalue weighted by atomic mass is 127. The molecule has 0 amide bonds. The van der Waals surface area contributed by atoms with Crippen LogP contribution in [0.15, 0.2) is 12.1 Å². The fourth-order valence-corrected chi connectivity index (χ4v) is 2.02. The Morgan fingerprint density at radius 2 is 2.23 bits per heavy atom. The van der Waals surface area contributed by atoms with Crippen molar-refractivity contribution in [3.8, 4) is 0 Å². The normalized spacial score (nSPS) is 10.1. The maximum absolute atomic E-state index is 12.9. The Kier molecular flexibility index (Phi) is 3.24. The Morgan fingerprint density at radius 1 is 1.62 bits per heavy atom. The van der Waals surface area contributed by atoms with Crippen molar-refractivity contribution in [1.82, 2.24) is 0 Å². The van der Waals surface area contributed by atoms with E-state index >= 15 is 0 Å². The highest BCUT2D eigenvalue weighted by Crippen LogP contribution is 2.19. The van der Waals surface area contributed by atoms with Gasteiger partial charge >= 0.3 is 5.97 Å². The predicted molar refractivity (Wildman–Crippen MR) is 55.5 cm³/mol. The Labute approximate surface area is 88.9 Å². The van der Waals surface area contributed by atoms with E-state index in [1.54, 1.807) is 6.92 Å². The average Bonchev–Trinajstić information content (AvgIpc) is 2.01. The first kappa shape index (κ1) is 10.4. The Hall–Kier alpha value is -0.650. The molecule has 2 nitrogen and oxygen atoms in total. The van der Waals surface area contributed by atoms with E-state index in [1.165, 1.54) is 12.1 Å². The Balaban J connectivity index is 3.38. The van der Waals surface area contributed by atoms with Crippen molar-refractivity contribution in [3.05, 3.63) is 32.6 Å². The number of carbonyl (C=O) groups is 1. The molecule has 0 bridgehead atoms. The number of hydrogen-bond acceptors (Lipinski definition) is 1. The first-order valence-electron chi connectivity index (χ1n) is 3.77. The summed E-state index contributed by atoms with van der Waals surface area (Å²) in [7, 11) is 0. The molecule has 0 atom stereocenters. The smallest absolute Gasteiger partial charge is 0.337 e. The summed E-state index contributed by atoms with van der Waals surface area (Å²) in [6.07, 6.45) is 0.523. The number of aromatic carboxylic acids is 1. The third-order valence-corrected chi connectivity index (χ3v) is 2.58. The van der Waals surface area contributed by atoms with Gasteiger partial charge in [-0.15, -0.1) is 0 Å². The van der Waals surface area contributed by atoms with Gasteiger partial charge < -0.3 is 5.11 Å². The van der Waals surface area contributed by atoms with E-state index in [4.69, 9.17) is 5.11 Å². The summed E-state index contributed by atoms with van der Waals surface area (Å²) < 4.78 is 13.3. The zero-order valence-electron chi connectivity index (χ0n) is 6.97. The van der Waals surface area contributed by atoms with Crippen LogP contribution in [0.1, 0.15) is 22.8 Å². The molecule has 1 N–H and O–H groups in total. The van der Waals surface area contributed by atoms with Gasteiger partial charge in [-0.2, -0.15) is 0 Å². The van der Waals surface area contributed by atoms with Crippen molar-refractivity contribution >= 4 is 28.6 Å². The molecular formula is C9H8FIO2. The molecule has 0 fully saturated rings. The van der Waals surface area contributed by atoms with Crippen LogP contribution in [0.5, 0.6) is 0 Å². The topological polar surface area (TPSA) is 37.3 Å². The van der Waals surface area contributed by atoms with E-state index in [0.717, 1.165) is 0 Å². The van der Waals surface area contributed by atoms with Crippen molar-refractivity contribution < 1.29 is 14.3 Å². The summed E-state index contributed by atoms with van der Waals surface area (Å²) in [6, 6.07) is 2.49. The summed E-state index contributed by atoms with van der Waals surface area (Å²) in [5.41, 5.74) is 0.751.